The monoisotopic (exact) mass is 313 g/mol. The Morgan fingerprint density at radius 2 is 2.00 bits per heavy atom. The van der Waals surface area contributed by atoms with E-state index in [0.717, 1.165) is 45.2 Å². The maximum atomic E-state index is 9.13. The summed E-state index contributed by atoms with van der Waals surface area (Å²) in [7, 11) is 0. The topological polar surface area (TPSA) is 65.9 Å². The molecule has 3 N–H and O–H groups in total. The van der Waals surface area contributed by atoms with E-state index in [0.29, 0.717) is 5.41 Å². The van der Waals surface area contributed by atoms with E-state index < -0.39 is 0 Å². The van der Waals surface area contributed by atoms with Gasteiger partial charge in [0, 0.05) is 39.5 Å². The van der Waals surface area contributed by atoms with Crippen LogP contribution in [0.1, 0.15) is 52.9 Å². The number of guanidine groups is 1. The van der Waals surface area contributed by atoms with Crippen molar-refractivity contribution in [1.82, 2.24) is 10.6 Å². The molecule has 0 aliphatic heterocycles. The average molecular weight is 313 g/mol. The van der Waals surface area contributed by atoms with Crippen LogP contribution in [0.15, 0.2) is 4.99 Å². The zero-order valence-electron chi connectivity index (χ0n) is 14.7. The van der Waals surface area contributed by atoms with Gasteiger partial charge in [-0.1, -0.05) is 19.8 Å². The summed E-state index contributed by atoms with van der Waals surface area (Å²) in [6.07, 6.45) is 6.25. The first-order valence-corrected chi connectivity index (χ1v) is 8.86. The molecule has 0 aromatic carbocycles. The molecule has 0 spiro atoms. The van der Waals surface area contributed by atoms with Crippen LogP contribution in [-0.2, 0) is 4.74 Å². The van der Waals surface area contributed by atoms with E-state index >= 15 is 0 Å². The van der Waals surface area contributed by atoms with Crippen molar-refractivity contribution in [2.75, 3.05) is 39.5 Å². The summed E-state index contributed by atoms with van der Waals surface area (Å²) in [6, 6.07) is 0. The highest BCUT2D eigenvalue weighted by molar-refractivity contribution is 5.79. The molecule has 5 nitrogen and oxygen atoms in total. The minimum atomic E-state index is 0.199. The van der Waals surface area contributed by atoms with Crippen LogP contribution in [-0.4, -0.2) is 50.5 Å². The Balaban J connectivity index is 2.55. The summed E-state index contributed by atoms with van der Waals surface area (Å²) in [6.45, 7) is 10.5. The third-order valence-electron chi connectivity index (χ3n) is 4.49. The fraction of sp³-hybridized carbons (Fsp3) is 0.941. The van der Waals surface area contributed by atoms with Gasteiger partial charge in [0.15, 0.2) is 5.96 Å². The number of hydrogen-bond acceptors (Lipinski definition) is 3. The lowest BCUT2D eigenvalue weighted by molar-refractivity contribution is 0.107. The summed E-state index contributed by atoms with van der Waals surface area (Å²) in [4.78, 5) is 4.81. The molecule has 0 heterocycles. The fourth-order valence-corrected chi connectivity index (χ4v) is 2.97. The van der Waals surface area contributed by atoms with Crippen LogP contribution in [0.2, 0.25) is 0 Å². The van der Waals surface area contributed by atoms with Gasteiger partial charge in [0.1, 0.15) is 0 Å². The second kappa shape index (κ2) is 10.8. The second-order valence-corrected chi connectivity index (χ2v) is 6.52. The van der Waals surface area contributed by atoms with Gasteiger partial charge in [0.05, 0.1) is 0 Å². The summed E-state index contributed by atoms with van der Waals surface area (Å²) in [5.74, 6) is 1.10. The van der Waals surface area contributed by atoms with Gasteiger partial charge in [-0.2, -0.15) is 0 Å². The van der Waals surface area contributed by atoms with E-state index in [-0.39, 0.29) is 12.5 Å². The Morgan fingerprint density at radius 3 is 2.59 bits per heavy atom. The average Bonchev–Trinajstić information content (AvgIpc) is 2.99. The quantitative estimate of drug-likeness (QED) is 0.328. The Morgan fingerprint density at radius 1 is 1.27 bits per heavy atom. The predicted molar refractivity (Wildman–Crippen MR) is 92.2 cm³/mol. The van der Waals surface area contributed by atoms with Crippen LogP contribution >= 0.6 is 0 Å². The summed E-state index contributed by atoms with van der Waals surface area (Å²) in [5.41, 5.74) is 0.320. The maximum Gasteiger partial charge on any atom is 0.191 e. The number of aliphatic imine (C=N–C) groups is 1. The third kappa shape index (κ3) is 6.97. The van der Waals surface area contributed by atoms with E-state index in [4.69, 9.17) is 14.8 Å². The number of rotatable bonds is 10. The molecule has 1 unspecified atom stereocenters. The SMILES string of the molecule is CCNC(=NCC1(CCOCC)CCCC1)NCC(C)CO. The van der Waals surface area contributed by atoms with Crippen molar-refractivity contribution in [1.29, 1.82) is 0 Å². The first-order valence-electron chi connectivity index (χ1n) is 8.86. The lowest BCUT2D eigenvalue weighted by atomic mass is 9.83. The fourth-order valence-electron chi connectivity index (χ4n) is 2.97. The van der Waals surface area contributed by atoms with Crippen LogP contribution < -0.4 is 10.6 Å². The van der Waals surface area contributed by atoms with Gasteiger partial charge in [0.25, 0.3) is 0 Å². The molecule has 22 heavy (non-hydrogen) atoms. The predicted octanol–water partition coefficient (Wildman–Crippen LogP) is 2.16. The zero-order chi connectivity index (χ0) is 16.3. The molecule has 1 aliphatic carbocycles. The lowest BCUT2D eigenvalue weighted by Gasteiger charge is -2.27. The van der Waals surface area contributed by atoms with Crippen molar-refractivity contribution in [3.05, 3.63) is 0 Å². The highest BCUT2D eigenvalue weighted by atomic mass is 16.5. The molecule has 0 saturated heterocycles. The lowest BCUT2D eigenvalue weighted by Crippen LogP contribution is -2.40. The Kier molecular flexibility index (Phi) is 9.48. The van der Waals surface area contributed by atoms with E-state index in [2.05, 4.69) is 24.5 Å². The minimum Gasteiger partial charge on any atom is -0.396 e. The van der Waals surface area contributed by atoms with Gasteiger partial charge in [-0.05, 0) is 44.4 Å². The molecule has 1 aliphatic rings. The van der Waals surface area contributed by atoms with E-state index in [9.17, 15) is 0 Å². The first-order chi connectivity index (χ1) is 10.7. The van der Waals surface area contributed by atoms with Gasteiger partial charge >= 0.3 is 0 Å². The third-order valence-corrected chi connectivity index (χ3v) is 4.49. The molecule has 0 amide bonds. The van der Waals surface area contributed by atoms with Crippen molar-refractivity contribution in [3.63, 3.8) is 0 Å². The number of hydrogen-bond donors (Lipinski definition) is 3. The molecular formula is C17H35N3O2. The molecule has 1 atom stereocenters. The van der Waals surface area contributed by atoms with Gasteiger partial charge in [0.2, 0.25) is 0 Å². The van der Waals surface area contributed by atoms with Crippen molar-refractivity contribution in [3.8, 4) is 0 Å². The van der Waals surface area contributed by atoms with Crippen LogP contribution in [0.25, 0.3) is 0 Å². The van der Waals surface area contributed by atoms with Crippen molar-refractivity contribution in [2.24, 2.45) is 16.3 Å². The largest absolute Gasteiger partial charge is 0.396 e. The summed E-state index contributed by atoms with van der Waals surface area (Å²) < 4.78 is 5.56. The highest BCUT2D eigenvalue weighted by Crippen LogP contribution is 2.41. The molecule has 0 bridgehead atoms. The standard InChI is InChI=1S/C17H35N3O2/c1-4-18-16(19-12-15(3)13-21)20-14-17(8-6-7-9-17)10-11-22-5-2/h15,21H,4-14H2,1-3H3,(H2,18,19,20). The maximum absolute atomic E-state index is 9.13. The van der Waals surface area contributed by atoms with Crippen LogP contribution in [0.5, 0.6) is 0 Å². The number of nitrogens with one attached hydrogen (secondary N) is 2. The number of aliphatic hydroxyl groups is 1. The molecule has 0 aromatic heterocycles. The summed E-state index contributed by atoms with van der Waals surface area (Å²) >= 11 is 0. The zero-order valence-corrected chi connectivity index (χ0v) is 14.7. The second-order valence-electron chi connectivity index (χ2n) is 6.52. The molecule has 130 valence electrons. The van der Waals surface area contributed by atoms with Crippen molar-refractivity contribution < 1.29 is 9.84 Å². The Hall–Kier alpha value is -0.810. The summed E-state index contributed by atoms with van der Waals surface area (Å²) in [5, 5.41) is 15.8. The van der Waals surface area contributed by atoms with E-state index in [1.165, 1.54) is 25.7 Å². The number of ether oxygens (including phenoxy) is 1. The van der Waals surface area contributed by atoms with Gasteiger partial charge in [-0.15, -0.1) is 0 Å². The van der Waals surface area contributed by atoms with Crippen molar-refractivity contribution >= 4 is 5.96 Å². The molecule has 0 aromatic rings. The molecule has 1 fully saturated rings. The van der Waals surface area contributed by atoms with Gasteiger partial charge in [-0.25, -0.2) is 0 Å². The van der Waals surface area contributed by atoms with E-state index in [1.54, 1.807) is 0 Å². The van der Waals surface area contributed by atoms with Gasteiger partial charge in [-0.3, -0.25) is 4.99 Å². The Labute approximate surface area is 135 Å². The van der Waals surface area contributed by atoms with Crippen LogP contribution in [0, 0.1) is 11.3 Å². The normalized spacial score (nSPS) is 19.2. The molecule has 5 heteroatoms. The number of aliphatic hydroxyl groups excluding tert-OH is 1. The minimum absolute atomic E-state index is 0.199. The van der Waals surface area contributed by atoms with E-state index in [1.807, 2.05) is 6.92 Å². The molecule has 1 rings (SSSR count). The Bertz CT molecular complexity index is 315. The first kappa shape index (κ1) is 19.2. The van der Waals surface area contributed by atoms with Crippen LogP contribution in [0.4, 0.5) is 0 Å². The molecule has 1 saturated carbocycles. The molecule has 0 radical (unpaired) electrons. The van der Waals surface area contributed by atoms with Gasteiger partial charge < -0.3 is 20.5 Å². The highest BCUT2D eigenvalue weighted by Gasteiger charge is 2.33. The number of nitrogens with zero attached hydrogens (tertiary/aromatic N) is 1. The van der Waals surface area contributed by atoms with Crippen LogP contribution in [0.3, 0.4) is 0 Å². The van der Waals surface area contributed by atoms with Crippen molar-refractivity contribution in [2.45, 2.75) is 52.9 Å². The molecular weight excluding hydrogens is 278 g/mol. The smallest absolute Gasteiger partial charge is 0.191 e.